The van der Waals surface area contributed by atoms with Crippen LogP contribution in [0.15, 0.2) is 42.5 Å². The van der Waals surface area contributed by atoms with E-state index in [2.05, 4.69) is 5.32 Å². The number of hydrogen-bond donors (Lipinski definition) is 1. The van der Waals surface area contributed by atoms with Crippen LogP contribution in [0.25, 0.3) is 0 Å². The molecule has 0 spiro atoms. The molecule has 6 heteroatoms. The van der Waals surface area contributed by atoms with E-state index >= 15 is 0 Å². The van der Waals surface area contributed by atoms with Gasteiger partial charge in [0.25, 0.3) is 0 Å². The Hall–Kier alpha value is -3.07. The van der Waals surface area contributed by atoms with Gasteiger partial charge < -0.3 is 14.8 Å². The maximum atomic E-state index is 14.0. The number of ether oxygens (including phenoxy) is 2. The van der Waals surface area contributed by atoms with Gasteiger partial charge in [-0.1, -0.05) is 0 Å². The lowest BCUT2D eigenvalue weighted by molar-refractivity contribution is -0.115. The third kappa shape index (κ3) is 3.96. The van der Waals surface area contributed by atoms with E-state index in [1.165, 1.54) is 12.1 Å². The second-order valence-electron chi connectivity index (χ2n) is 4.31. The molecule has 0 atom stereocenters. The van der Waals surface area contributed by atoms with Gasteiger partial charge in [-0.2, -0.15) is 5.26 Å². The molecule has 2 aromatic carbocycles. The van der Waals surface area contributed by atoms with Gasteiger partial charge in [0.05, 0.1) is 13.2 Å². The first-order chi connectivity index (χ1) is 10.6. The number of rotatable bonds is 5. The standard InChI is InChI=1S/C16H13FN2O3/c1-21-12-3-5-13(6-4-12)22-15-7-2-11(10-14(15)17)19-16(20)8-9-18/h2-7,10H,8H2,1H3,(H,19,20). The van der Waals surface area contributed by atoms with E-state index < -0.39 is 11.7 Å². The highest BCUT2D eigenvalue weighted by molar-refractivity contribution is 5.92. The maximum Gasteiger partial charge on any atom is 0.238 e. The summed E-state index contributed by atoms with van der Waals surface area (Å²) in [7, 11) is 1.55. The zero-order valence-electron chi connectivity index (χ0n) is 11.8. The molecule has 0 radical (unpaired) electrons. The van der Waals surface area contributed by atoms with Gasteiger partial charge in [0.1, 0.15) is 17.9 Å². The first kappa shape index (κ1) is 15.3. The zero-order chi connectivity index (χ0) is 15.9. The molecule has 5 nitrogen and oxygen atoms in total. The molecule has 22 heavy (non-hydrogen) atoms. The SMILES string of the molecule is COc1ccc(Oc2ccc(NC(=O)CC#N)cc2F)cc1. The highest BCUT2D eigenvalue weighted by atomic mass is 19.1. The van der Waals surface area contributed by atoms with E-state index in [1.807, 2.05) is 0 Å². The summed E-state index contributed by atoms with van der Waals surface area (Å²) < 4.78 is 24.4. The number of anilines is 1. The molecule has 1 N–H and O–H groups in total. The highest BCUT2D eigenvalue weighted by Gasteiger charge is 2.08. The maximum absolute atomic E-state index is 14.0. The summed E-state index contributed by atoms with van der Waals surface area (Å²) >= 11 is 0. The van der Waals surface area contributed by atoms with Gasteiger partial charge in [0.2, 0.25) is 5.91 Å². The molecule has 0 aliphatic carbocycles. The Balaban J connectivity index is 2.09. The number of nitriles is 1. The smallest absolute Gasteiger partial charge is 0.238 e. The van der Waals surface area contributed by atoms with Gasteiger partial charge in [-0.15, -0.1) is 0 Å². The summed E-state index contributed by atoms with van der Waals surface area (Å²) in [6.07, 6.45) is -0.286. The second kappa shape index (κ2) is 7.09. The normalized spacial score (nSPS) is 9.68. The number of carbonyl (C=O) groups is 1. The van der Waals surface area contributed by atoms with Crippen LogP contribution in [0, 0.1) is 17.1 Å². The van der Waals surface area contributed by atoms with Crippen LogP contribution in [0.3, 0.4) is 0 Å². The van der Waals surface area contributed by atoms with Crippen LogP contribution in [0.1, 0.15) is 6.42 Å². The second-order valence-corrected chi connectivity index (χ2v) is 4.31. The largest absolute Gasteiger partial charge is 0.497 e. The molecule has 0 heterocycles. The third-order valence-electron chi connectivity index (χ3n) is 2.74. The van der Waals surface area contributed by atoms with Crippen molar-refractivity contribution in [2.75, 3.05) is 12.4 Å². The summed E-state index contributed by atoms with van der Waals surface area (Å²) in [6.45, 7) is 0. The van der Waals surface area contributed by atoms with Gasteiger partial charge in [0, 0.05) is 11.8 Å². The average molecular weight is 300 g/mol. The van der Waals surface area contributed by atoms with Gasteiger partial charge in [-0.3, -0.25) is 4.79 Å². The summed E-state index contributed by atoms with van der Waals surface area (Å²) in [5.74, 6) is 0.0455. The van der Waals surface area contributed by atoms with Crippen LogP contribution in [0.5, 0.6) is 17.2 Å². The Morgan fingerprint density at radius 1 is 1.23 bits per heavy atom. The van der Waals surface area contributed by atoms with Crippen molar-refractivity contribution in [3.05, 3.63) is 48.3 Å². The van der Waals surface area contributed by atoms with Crippen molar-refractivity contribution in [2.45, 2.75) is 6.42 Å². The number of amides is 1. The molecule has 0 saturated carbocycles. The summed E-state index contributed by atoms with van der Waals surface area (Å²) in [5, 5.41) is 10.8. The quantitative estimate of drug-likeness (QED) is 0.917. The molecule has 0 aliphatic heterocycles. The molecule has 1 amide bonds. The molecule has 0 fully saturated rings. The predicted octanol–water partition coefficient (Wildman–Crippen LogP) is 3.48. The van der Waals surface area contributed by atoms with Gasteiger partial charge in [-0.05, 0) is 36.4 Å². The fraction of sp³-hybridized carbons (Fsp3) is 0.125. The number of methoxy groups -OCH3 is 1. The van der Waals surface area contributed by atoms with E-state index in [-0.39, 0.29) is 17.9 Å². The summed E-state index contributed by atoms with van der Waals surface area (Å²) in [4.78, 5) is 11.3. The summed E-state index contributed by atoms with van der Waals surface area (Å²) in [5.41, 5.74) is 0.264. The molecule has 0 unspecified atom stereocenters. The molecule has 0 saturated heterocycles. The topological polar surface area (TPSA) is 71.3 Å². The Morgan fingerprint density at radius 2 is 1.91 bits per heavy atom. The Bertz CT molecular complexity index is 708. The Morgan fingerprint density at radius 3 is 2.50 bits per heavy atom. The zero-order valence-corrected chi connectivity index (χ0v) is 11.8. The predicted molar refractivity (Wildman–Crippen MR) is 78.3 cm³/mol. The van der Waals surface area contributed by atoms with Gasteiger partial charge >= 0.3 is 0 Å². The van der Waals surface area contributed by atoms with E-state index in [4.69, 9.17) is 14.7 Å². The number of nitrogens with zero attached hydrogens (tertiary/aromatic N) is 1. The van der Waals surface area contributed by atoms with Crippen molar-refractivity contribution in [2.24, 2.45) is 0 Å². The summed E-state index contributed by atoms with van der Waals surface area (Å²) in [6, 6.07) is 12.5. The number of halogens is 1. The fourth-order valence-electron chi connectivity index (χ4n) is 1.71. The van der Waals surface area contributed by atoms with E-state index in [0.717, 1.165) is 6.07 Å². The lowest BCUT2D eigenvalue weighted by Crippen LogP contribution is -2.10. The number of carbonyl (C=O) groups excluding carboxylic acids is 1. The van der Waals surface area contributed by atoms with Crippen molar-refractivity contribution >= 4 is 11.6 Å². The van der Waals surface area contributed by atoms with Crippen LogP contribution in [-0.2, 0) is 4.79 Å². The minimum absolute atomic E-state index is 0.0310. The van der Waals surface area contributed by atoms with E-state index in [9.17, 15) is 9.18 Å². The monoisotopic (exact) mass is 300 g/mol. The van der Waals surface area contributed by atoms with Gasteiger partial charge in [-0.25, -0.2) is 4.39 Å². The van der Waals surface area contributed by atoms with Crippen LogP contribution in [0.4, 0.5) is 10.1 Å². The molecule has 112 valence electrons. The van der Waals surface area contributed by atoms with Crippen molar-refractivity contribution in [3.63, 3.8) is 0 Å². The molecular formula is C16H13FN2O3. The third-order valence-corrected chi connectivity index (χ3v) is 2.74. The van der Waals surface area contributed by atoms with Crippen molar-refractivity contribution < 1.29 is 18.7 Å². The lowest BCUT2D eigenvalue weighted by atomic mass is 10.2. The van der Waals surface area contributed by atoms with Crippen molar-refractivity contribution in [3.8, 4) is 23.3 Å². The van der Waals surface area contributed by atoms with Gasteiger partial charge in [0.15, 0.2) is 11.6 Å². The van der Waals surface area contributed by atoms with E-state index in [1.54, 1.807) is 37.4 Å². The first-order valence-corrected chi connectivity index (χ1v) is 6.40. The number of hydrogen-bond acceptors (Lipinski definition) is 4. The Kier molecular flexibility index (Phi) is 4.94. The lowest BCUT2D eigenvalue weighted by Gasteiger charge is -2.09. The average Bonchev–Trinajstić information content (AvgIpc) is 2.51. The van der Waals surface area contributed by atoms with Crippen LogP contribution < -0.4 is 14.8 Å². The minimum atomic E-state index is -0.620. The molecule has 2 rings (SSSR count). The Labute approximate surface area is 126 Å². The molecule has 0 bridgehead atoms. The highest BCUT2D eigenvalue weighted by Crippen LogP contribution is 2.27. The number of benzene rings is 2. The number of nitrogens with one attached hydrogen (secondary N) is 1. The molecular weight excluding hydrogens is 287 g/mol. The van der Waals surface area contributed by atoms with E-state index in [0.29, 0.717) is 11.5 Å². The molecule has 0 aromatic heterocycles. The van der Waals surface area contributed by atoms with Crippen LogP contribution in [0.2, 0.25) is 0 Å². The fourth-order valence-corrected chi connectivity index (χ4v) is 1.71. The van der Waals surface area contributed by atoms with Crippen molar-refractivity contribution in [1.29, 1.82) is 5.26 Å². The molecule has 2 aromatic rings. The van der Waals surface area contributed by atoms with Crippen molar-refractivity contribution in [1.82, 2.24) is 0 Å². The van der Waals surface area contributed by atoms with Crippen LogP contribution >= 0.6 is 0 Å². The minimum Gasteiger partial charge on any atom is -0.497 e. The molecule has 0 aliphatic rings. The first-order valence-electron chi connectivity index (χ1n) is 6.40. The van der Waals surface area contributed by atoms with Crippen LogP contribution in [-0.4, -0.2) is 13.0 Å².